The topological polar surface area (TPSA) is 153 Å². The molecule has 4 aromatic rings. The molecule has 3 atom stereocenters. The van der Waals surface area contributed by atoms with Gasteiger partial charge in [-0.25, -0.2) is 4.79 Å². The van der Waals surface area contributed by atoms with Gasteiger partial charge in [0.05, 0.1) is 17.9 Å². The molecule has 4 N–H and O–H groups in total. The van der Waals surface area contributed by atoms with Gasteiger partial charge in [0.15, 0.2) is 0 Å². The standard InChI is InChI=1S/C36H40N6O6S/c1-4-36(2,39-35(47)48)34(46)38-26(18-24-20-40(3)28-11-6-5-10-25(24)28)32(44)37-27-17-23-9-7-12-29(41-15-8-13-30(41)43)31(23)42(33(27)45)19-22-14-16-49-21-22/h5-7,9-12,14,16,20-21,26-27,39H,4,8,13,15,17-19H2,1-3H3,(H,37,44)(H,38,46)(H,47,48)/t26-,27?,36-/m1/s1. The Kier molecular flexibility index (Phi) is 9.46. The molecular weight excluding hydrogens is 644 g/mol. The van der Waals surface area contributed by atoms with E-state index in [-0.39, 0.29) is 37.6 Å². The first-order valence-corrected chi connectivity index (χ1v) is 17.3. The number of thiophene rings is 1. The van der Waals surface area contributed by atoms with Crippen LogP contribution in [0.15, 0.2) is 65.5 Å². The molecule has 49 heavy (non-hydrogen) atoms. The summed E-state index contributed by atoms with van der Waals surface area (Å²) in [6, 6.07) is 13.2. The molecule has 2 aromatic heterocycles. The molecule has 2 aliphatic rings. The Balaban J connectivity index is 1.33. The number of rotatable bonds is 11. The first-order chi connectivity index (χ1) is 23.5. The smallest absolute Gasteiger partial charge is 0.405 e. The van der Waals surface area contributed by atoms with Crippen molar-refractivity contribution in [1.29, 1.82) is 0 Å². The number of hydrogen-bond acceptors (Lipinski definition) is 6. The monoisotopic (exact) mass is 684 g/mol. The van der Waals surface area contributed by atoms with Crippen LogP contribution in [-0.2, 0) is 45.6 Å². The van der Waals surface area contributed by atoms with Gasteiger partial charge in [-0.2, -0.15) is 11.3 Å². The summed E-state index contributed by atoms with van der Waals surface area (Å²) in [6.07, 6.45) is 2.16. The maximum absolute atomic E-state index is 14.4. The normalized spacial score (nSPS) is 17.8. The quantitative estimate of drug-likeness (QED) is 0.187. The highest BCUT2D eigenvalue weighted by atomic mass is 32.1. The van der Waals surface area contributed by atoms with Crippen LogP contribution in [0.1, 0.15) is 49.8 Å². The highest BCUT2D eigenvalue weighted by Gasteiger charge is 2.40. The summed E-state index contributed by atoms with van der Waals surface area (Å²) in [6.45, 7) is 3.97. The Morgan fingerprint density at radius 1 is 1.10 bits per heavy atom. The minimum absolute atomic E-state index is 0.00949. The summed E-state index contributed by atoms with van der Waals surface area (Å²) in [5.41, 5.74) is 3.34. The molecule has 1 saturated heterocycles. The van der Waals surface area contributed by atoms with Crippen molar-refractivity contribution in [3.8, 4) is 0 Å². The molecular formula is C36H40N6O6S. The van der Waals surface area contributed by atoms with Crippen LogP contribution in [-0.4, -0.2) is 63.6 Å². The van der Waals surface area contributed by atoms with Gasteiger partial charge < -0.3 is 35.4 Å². The Hall–Kier alpha value is -5.17. The minimum Gasteiger partial charge on any atom is -0.465 e. The predicted molar refractivity (Wildman–Crippen MR) is 188 cm³/mol. The molecule has 0 spiro atoms. The number of para-hydroxylation sites is 2. The number of fused-ring (bicyclic) bond motifs is 2. The fourth-order valence-corrected chi connectivity index (χ4v) is 7.42. The molecule has 5 amide bonds. The second-order valence-corrected chi connectivity index (χ2v) is 13.7. The number of carboxylic acid groups (broad SMARTS) is 1. The second kappa shape index (κ2) is 13.7. The maximum Gasteiger partial charge on any atom is 0.405 e. The number of nitrogens with zero attached hydrogens (tertiary/aromatic N) is 3. The van der Waals surface area contributed by atoms with Crippen LogP contribution in [0.25, 0.3) is 10.9 Å². The molecule has 4 heterocycles. The van der Waals surface area contributed by atoms with Gasteiger partial charge in [-0.1, -0.05) is 37.3 Å². The van der Waals surface area contributed by atoms with Gasteiger partial charge in [0.2, 0.25) is 23.6 Å². The van der Waals surface area contributed by atoms with E-state index in [1.165, 1.54) is 18.3 Å². The fraction of sp³-hybridized carbons (Fsp3) is 0.361. The van der Waals surface area contributed by atoms with Crippen molar-refractivity contribution in [2.45, 2.75) is 70.1 Å². The minimum atomic E-state index is -1.50. The van der Waals surface area contributed by atoms with E-state index in [1.54, 1.807) is 16.7 Å². The number of carbonyl (C=O) groups excluding carboxylic acids is 4. The highest BCUT2D eigenvalue weighted by molar-refractivity contribution is 7.07. The molecule has 0 radical (unpaired) electrons. The lowest BCUT2D eigenvalue weighted by molar-refractivity contribution is -0.133. The molecule has 2 aliphatic heterocycles. The number of carbonyl (C=O) groups is 5. The molecule has 1 fully saturated rings. The van der Waals surface area contributed by atoms with Crippen molar-refractivity contribution in [1.82, 2.24) is 20.5 Å². The maximum atomic E-state index is 14.4. The van der Waals surface area contributed by atoms with Gasteiger partial charge in [-0.15, -0.1) is 0 Å². The van der Waals surface area contributed by atoms with E-state index < -0.39 is 35.5 Å². The zero-order valence-electron chi connectivity index (χ0n) is 27.7. The van der Waals surface area contributed by atoms with Crippen LogP contribution >= 0.6 is 11.3 Å². The Morgan fingerprint density at radius 3 is 2.59 bits per heavy atom. The molecule has 13 heteroatoms. The lowest BCUT2D eigenvalue weighted by Crippen LogP contribution is -2.62. The molecule has 1 unspecified atom stereocenters. The lowest BCUT2D eigenvalue weighted by Gasteiger charge is -2.38. The van der Waals surface area contributed by atoms with Crippen LogP contribution in [0.4, 0.5) is 16.2 Å². The van der Waals surface area contributed by atoms with Gasteiger partial charge >= 0.3 is 6.09 Å². The van der Waals surface area contributed by atoms with E-state index in [1.807, 2.05) is 77.1 Å². The second-order valence-electron chi connectivity index (χ2n) is 12.9. The van der Waals surface area contributed by atoms with Crippen LogP contribution in [0.5, 0.6) is 0 Å². The van der Waals surface area contributed by atoms with E-state index >= 15 is 0 Å². The van der Waals surface area contributed by atoms with E-state index in [9.17, 15) is 29.1 Å². The SMILES string of the molecule is CC[C@@](C)(NC(=O)O)C(=O)N[C@H](Cc1cn(C)c2ccccc12)C(=O)NC1Cc2cccc(N3CCCC3=O)c2N(Cc2ccsc2)C1=O. The summed E-state index contributed by atoms with van der Waals surface area (Å²) < 4.78 is 1.94. The van der Waals surface area contributed by atoms with Crippen LogP contribution in [0, 0.1) is 0 Å². The van der Waals surface area contributed by atoms with Gasteiger partial charge in [0.25, 0.3) is 0 Å². The van der Waals surface area contributed by atoms with Crippen molar-refractivity contribution in [3.05, 3.63) is 82.2 Å². The molecule has 6 rings (SSSR count). The Bertz CT molecular complexity index is 1920. The Morgan fingerprint density at radius 2 is 1.90 bits per heavy atom. The number of amides is 5. The number of nitrogens with one attached hydrogen (secondary N) is 3. The van der Waals surface area contributed by atoms with Crippen molar-refractivity contribution in [2.75, 3.05) is 16.3 Å². The van der Waals surface area contributed by atoms with Crippen LogP contribution < -0.4 is 25.8 Å². The van der Waals surface area contributed by atoms with E-state index in [4.69, 9.17) is 0 Å². The lowest BCUT2D eigenvalue weighted by atomic mass is 9.94. The van der Waals surface area contributed by atoms with E-state index in [0.717, 1.165) is 34.0 Å². The summed E-state index contributed by atoms with van der Waals surface area (Å²) in [7, 11) is 1.90. The van der Waals surface area contributed by atoms with Gasteiger partial charge in [-0.05, 0) is 65.4 Å². The average molecular weight is 685 g/mol. The van der Waals surface area contributed by atoms with Gasteiger partial charge in [-0.3, -0.25) is 19.2 Å². The predicted octanol–water partition coefficient (Wildman–Crippen LogP) is 4.10. The first kappa shape index (κ1) is 33.7. The van der Waals surface area contributed by atoms with Crippen LogP contribution in [0.3, 0.4) is 0 Å². The average Bonchev–Trinajstić information content (AvgIpc) is 3.83. The zero-order valence-corrected chi connectivity index (χ0v) is 28.5. The van der Waals surface area contributed by atoms with Crippen molar-refractivity contribution in [2.24, 2.45) is 7.05 Å². The number of hydrogen-bond donors (Lipinski definition) is 4. The Labute approximate surface area is 288 Å². The third-order valence-electron chi connectivity index (χ3n) is 9.57. The van der Waals surface area contributed by atoms with Crippen molar-refractivity contribution >= 4 is 63.3 Å². The third kappa shape index (κ3) is 6.75. The van der Waals surface area contributed by atoms with Crippen LogP contribution in [0.2, 0.25) is 0 Å². The zero-order chi connectivity index (χ0) is 34.9. The fourth-order valence-electron chi connectivity index (χ4n) is 6.76. The first-order valence-electron chi connectivity index (χ1n) is 16.4. The number of anilines is 2. The largest absolute Gasteiger partial charge is 0.465 e. The summed E-state index contributed by atoms with van der Waals surface area (Å²) in [5, 5.41) is 22.3. The van der Waals surface area contributed by atoms with Gasteiger partial charge in [0.1, 0.15) is 17.6 Å². The molecule has 0 saturated carbocycles. The number of aromatic nitrogens is 1. The molecule has 0 aliphatic carbocycles. The van der Waals surface area contributed by atoms with Crippen molar-refractivity contribution in [3.63, 3.8) is 0 Å². The summed E-state index contributed by atoms with van der Waals surface area (Å²) in [4.78, 5) is 70.0. The summed E-state index contributed by atoms with van der Waals surface area (Å²) in [5.74, 6) is -1.54. The summed E-state index contributed by atoms with van der Waals surface area (Å²) >= 11 is 1.52. The van der Waals surface area contributed by atoms with Gasteiger partial charge in [0, 0.05) is 50.0 Å². The van der Waals surface area contributed by atoms with E-state index in [0.29, 0.717) is 24.3 Å². The number of aryl methyl sites for hydroxylation is 1. The molecule has 256 valence electrons. The highest BCUT2D eigenvalue weighted by Crippen LogP contribution is 2.40. The van der Waals surface area contributed by atoms with E-state index in [2.05, 4.69) is 16.0 Å². The molecule has 2 aromatic carbocycles. The van der Waals surface area contributed by atoms with Crippen molar-refractivity contribution < 1.29 is 29.1 Å². The third-order valence-corrected chi connectivity index (χ3v) is 10.3. The number of benzene rings is 2. The molecule has 12 nitrogen and oxygen atoms in total. The molecule has 0 bridgehead atoms.